The van der Waals surface area contributed by atoms with Crippen molar-refractivity contribution in [3.8, 4) is 0 Å². The second kappa shape index (κ2) is 8.74. The number of halogens is 1. The number of fused-ring (bicyclic) bond motifs is 1. The summed E-state index contributed by atoms with van der Waals surface area (Å²) in [5.41, 5.74) is 0.725. The van der Waals surface area contributed by atoms with Crippen LogP contribution >= 0.6 is 11.3 Å². The van der Waals surface area contributed by atoms with Crippen molar-refractivity contribution in [3.05, 3.63) is 28.8 Å². The van der Waals surface area contributed by atoms with Gasteiger partial charge in [0, 0.05) is 19.6 Å². The van der Waals surface area contributed by atoms with Crippen LogP contribution in [-0.4, -0.2) is 54.3 Å². The van der Waals surface area contributed by atoms with Gasteiger partial charge >= 0.3 is 0 Å². The van der Waals surface area contributed by atoms with E-state index in [4.69, 9.17) is 0 Å². The van der Waals surface area contributed by atoms with Crippen LogP contribution < -0.4 is 4.80 Å². The molecule has 0 spiro atoms. The van der Waals surface area contributed by atoms with E-state index in [9.17, 15) is 22.4 Å². The van der Waals surface area contributed by atoms with Crippen LogP contribution in [0.5, 0.6) is 0 Å². The first-order valence-electron chi connectivity index (χ1n) is 9.53. The third-order valence-corrected chi connectivity index (χ3v) is 7.42. The first-order chi connectivity index (χ1) is 13.7. The molecule has 3 rings (SSSR count). The summed E-state index contributed by atoms with van der Waals surface area (Å²) < 4.78 is 40.5. The zero-order valence-electron chi connectivity index (χ0n) is 16.4. The monoisotopic (exact) mass is 441 g/mol. The molecule has 1 aromatic carbocycles. The summed E-state index contributed by atoms with van der Waals surface area (Å²) >= 11 is 1.12. The second-order valence-corrected chi connectivity index (χ2v) is 10.4. The predicted octanol–water partition coefficient (Wildman–Crippen LogP) is 1.96. The summed E-state index contributed by atoms with van der Waals surface area (Å²) in [6.07, 6.45) is 1.70. The number of carbonyl (C=O) groups is 2. The molecule has 1 fully saturated rings. The summed E-state index contributed by atoms with van der Waals surface area (Å²) in [6.45, 7) is 5.54. The van der Waals surface area contributed by atoms with E-state index in [-0.39, 0.29) is 0 Å². The number of hydrogen-bond acceptors (Lipinski definition) is 5. The van der Waals surface area contributed by atoms with Crippen LogP contribution in [0.1, 0.15) is 26.7 Å². The van der Waals surface area contributed by atoms with Gasteiger partial charge in [-0.15, -0.1) is 0 Å². The van der Waals surface area contributed by atoms with Gasteiger partial charge in [-0.25, -0.2) is 12.8 Å². The van der Waals surface area contributed by atoms with E-state index in [1.807, 2.05) is 6.92 Å². The van der Waals surface area contributed by atoms with Crippen molar-refractivity contribution < 1.29 is 22.4 Å². The lowest BCUT2D eigenvalue weighted by atomic mass is 9.99. The van der Waals surface area contributed by atoms with E-state index in [1.165, 1.54) is 12.1 Å². The smallest absolute Gasteiger partial charge is 0.263 e. The molecule has 0 radical (unpaired) electrons. The largest absolute Gasteiger partial charge is 0.342 e. The number of piperidine rings is 1. The van der Waals surface area contributed by atoms with Crippen LogP contribution in [0.4, 0.5) is 4.39 Å². The molecule has 10 heteroatoms. The maximum atomic E-state index is 13.4. The highest BCUT2D eigenvalue weighted by atomic mass is 32.2. The molecule has 158 valence electrons. The Hall–Kier alpha value is -2.07. The van der Waals surface area contributed by atoms with Crippen molar-refractivity contribution in [3.63, 3.8) is 0 Å². The zero-order valence-corrected chi connectivity index (χ0v) is 18.1. The number of nitrogens with zero attached hydrogens (tertiary/aromatic N) is 3. The molecule has 0 atom stereocenters. The highest BCUT2D eigenvalue weighted by Gasteiger charge is 2.26. The Labute approximate surface area is 172 Å². The molecule has 0 aliphatic carbocycles. The van der Waals surface area contributed by atoms with Crippen LogP contribution in [0.3, 0.4) is 0 Å². The topological polar surface area (TPSA) is 88.8 Å². The highest BCUT2D eigenvalue weighted by Crippen LogP contribution is 2.19. The van der Waals surface area contributed by atoms with Crippen LogP contribution in [0.25, 0.3) is 10.2 Å². The zero-order chi connectivity index (χ0) is 21.2. The molecular formula is C19H24FN3O4S2. The minimum Gasteiger partial charge on any atom is -0.342 e. The average molecular weight is 442 g/mol. The minimum atomic E-state index is -3.92. The number of carbonyl (C=O) groups excluding carboxylic acids is 2. The molecule has 29 heavy (non-hydrogen) atoms. The van der Waals surface area contributed by atoms with Crippen molar-refractivity contribution in [2.45, 2.75) is 33.2 Å². The number of sulfone groups is 1. The fourth-order valence-electron chi connectivity index (χ4n) is 3.35. The SMILES string of the molecule is CCn1c(=NC(=O)CS(=O)(=O)CC(=O)N2CCC(C)CC2)sc2cc(F)ccc21. The van der Waals surface area contributed by atoms with Crippen LogP contribution in [0.15, 0.2) is 23.2 Å². The van der Waals surface area contributed by atoms with Crippen molar-refractivity contribution in [2.75, 3.05) is 24.6 Å². The number of thiazole rings is 1. The summed E-state index contributed by atoms with van der Waals surface area (Å²) in [5.74, 6) is -2.68. The Morgan fingerprint density at radius 2 is 1.93 bits per heavy atom. The molecule has 0 N–H and O–H groups in total. The van der Waals surface area contributed by atoms with E-state index in [0.29, 0.717) is 35.1 Å². The van der Waals surface area contributed by atoms with Crippen molar-refractivity contribution in [2.24, 2.45) is 10.9 Å². The number of benzene rings is 1. The first-order valence-corrected chi connectivity index (χ1v) is 12.2. The fourth-order valence-corrected chi connectivity index (χ4v) is 5.59. The van der Waals surface area contributed by atoms with Crippen LogP contribution in [0, 0.1) is 11.7 Å². The Balaban J connectivity index is 1.74. The Morgan fingerprint density at radius 3 is 2.59 bits per heavy atom. The maximum absolute atomic E-state index is 13.4. The van der Waals surface area contributed by atoms with Gasteiger partial charge in [-0.3, -0.25) is 9.59 Å². The first kappa shape index (κ1) is 21.6. The third-order valence-electron chi connectivity index (χ3n) is 5.00. The molecule has 0 saturated carbocycles. The average Bonchev–Trinajstić information content (AvgIpc) is 2.96. The van der Waals surface area contributed by atoms with E-state index >= 15 is 0 Å². The van der Waals surface area contributed by atoms with Gasteiger partial charge in [0.15, 0.2) is 14.6 Å². The summed E-state index contributed by atoms with van der Waals surface area (Å²) in [7, 11) is -3.92. The van der Waals surface area contributed by atoms with E-state index in [2.05, 4.69) is 11.9 Å². The Bertz CT molecular complexity index is 1100. The Kier molecular flexibility index (Phi) is 6.52. The van der Waals surface area contributed by atoms with Crippen molar-refractivity contribution in [1.29, 1.82) is 0 Å². The number of aromatic nitrogens is 1. The molecule has 2 amide bonds. The van der Waals surface area contributed by atoms with E-state index < -0.39 is 39.0 Å². The highest BCUT2D eigenvalue weighted by molar-refractivity contribution is 7.92. The summed E-state index contributed by atoms with van der Waals surface area (Å²) in [6, 6.07) is 4.28. The fraction of sp³-hybridized carbons (Fsp3) is 0.526. The predicted molar refractivity (Wildman–Crippen MR) is 110 cm³/mol. The van der Waals surface area contributed by atoms with Gasteiger partial charge in [-0.2, -0.15) is 4.99 Å². The number of hydrogen-bond donors (Lipinski definition) is 0. The van der Waals surface area contributed by atoms with Gasteiger partial charge in [0.1, 0.15) is 17.3 Å². The lowest BCUT2D eigenvalue weighted by molar-refractivity contribution is -0.129. The molecule has 1 aliphatic heterocycles. The van der Waals surface area contributed by atoms with Crippen molar-refractivity contribution in [1.82, 2.24) is 9.47 Å². The lowest BCUT2D eigenvalue weighted by Gasteiger charge is -2.30. The lowest BCUT2D eigenvalue weighted by Crippen LogP contribution is -2.41. The molecule has 1 saturated heterocycles. The van der Waals surface area contributed by atoms with Crippen molar-refractivity contribution >= 4 is 43.2 Å². The maximum Gasteiger partial charge on any atom is 0.263 e. The molecule has 0 unspecified atom stereocenters. The quantitative estimate of drug-likeness (QED) is 0.710. The van der Waals surface area contributed by atoms with Gasteiger partial charge in [0.25, 0.3) is 5.91 Å². The summed E-state index contributed by atoms with van der Waals surface area (Å²) in [5, 5.41) is 0. The van der Waals surface area contributed by atoms with Gasteiger partial charge in [0.05, 0.1) is 10.2 Å². The number of amides is 2. The summed E-state index contributed by atoms with van der Waals surface area (Å²) in [4.78, 5) is 30.4. The normalized spacial score (nSPS) is 16.5. The van der Waals surface area contributed by atoms with Crippen LogP contribution in [0.2, 0.25) is 0 Å². The molecule has 7 nitrogen and oxygen atoms in total. The Morgan fingerprint density at radius 1 is 1.24 bits per heavy atom. The number of rotatable bonds is 5. The van der Waals surface area contributed by atoms with E-state index in [0.717, 1.165) is 29.7 Å². The third kappa shape index (κ3) is 5.30. The number of likely N-dealkylation sites (tertiary alicyclic amines) is 1. The van der Waals surface area contributed by atoms with Crippen LogP contribution in [-0.2, 0) is 26.0 Å². The molecular weight excluding hydrogens is 417 g/mol. The standard InChI is InChI=1S/C19H24FN3O4S2/c1-3-23-15-5-4-14(20)10-16(15)28-19(23)21-17(24)11-29(26,27)12-18(25)22-8-6-13(2)7-9-22/h4-5,10,13H,3,6-9,11-12H2,1-2H3. The number of aryl methyl sites for hydroxylation is 1. The van der Waals surface area contributed by atoms with Gasteiger partial charge in [-0.05, 0) is 43.9 Å². The second-order valence-electron chi connectivity index (χ2n) is 7.34. The molecule has 0 bridgehead atoms. The van der Waals surface area contributed by atoms with E-state index in [1.54, 1.807) is 15.5 Å². The molecule has 2 aromatic rings. The molecule has 2 heterocycles. The minimum absolute atomic E-state index is 0.310. The van der Waals surface area contributed by atoms with Gasteiger partial charge in [-0.1, -0.05) is 18.3 Å². The van der Waals surface area contributed by atoms with Gasteiger partial charge in [0.2, 0.25) is 5.91 Å². The molecule has 1 aliphatic rings. The molecule has 1 aromatic heterocycles. The van der Waals surface area contributed by atoms with Gasteiger partial charge < -0.3 is 9.47 Å².